The van der Waals surface area contributed by atoms with Gasteiger partial charge in [0.1, 0.15) is 0 Å². The van der Waals surface area contributed by atoms with Crippen LogP contribution in [0.25, 0.3) is 0 Å². The fourth-order valence-corrected chi connectivity index (χ4v) is 3.18. The predicted molar refractivity (Wildman–Crippen MR) is 111 cm³/mol. The molecule has 2 N–H and O–H groups in total. The standard InChI is InChI=1S/C21H26N2O2S/c1-6-25-20(24)17-8-10-19(15(4)12-17)23-21(26)22-16(5)18-9-7-13(2)11-14(18)3/h7-12,16H,6H2,1-5H3,(H2,22,23,26)/t16-/m1/s1. The molecule has 0 saturated heterocycles. The van der Waals surface area contributed by atoms with Crippen LogP contribution in [0.2, 0.25) is 0 Å². The molecule has 0 radical (unpaired) electrons. The zero-order valence-electron chi connectivity index (χ0n) is 16.0. The van der Waals surface area contributed by atoms with Crippen molar-refractivity contribution in [3.8, 4) is 0 Å². The van der Waals surface area contributed by atoms with E-state index in [1.54, 1.807) is 19.1 Å². The van der Waals surface area contributed by atoms with Crippen LogP contribution in [-0.4, -0.2) is 17.7 Å². The first kappa shape index (κ1) is 19.9. The van der Waals surface area contributed by atoms with Crippen molar-refractivity contribution in [3.05, 3.63) is 64.2 Å². The fourth-order valence-electron chi connectivity index (χ4n) is 2.89. The van der Waals surface area contributed by atoms with Gasteiger partial charge in [-0.25, -0.2) is 4.79 Å². The van der Waals surface area contributed by atoms with Crippen LogP contribution in [0.1, 0.15) is 52.5 Å². The van der Waals surface area contributed by atoms with Gasteiger partial charge in [-0.1, -0.05) is 23.8 Å². The normalized spacial score (nSPS) is 11.6. The van der Waals surface area contributed by atoms with Crippen LogP contribution in [0.15, 0.2) is 36.4 Å². The van der Waals surface area contributed by atoms with Crippen LogP contribution in [0.5, 0.6) is 0 Å². The van der Waals surface area contributed by atoms with E-state index in [2.05, 4.69) is 49.6 Å². The highest BCUT2D eigenvalue weighted by atomic mass is 32.1. The van der Waals surface area contributed by atoms with Gasteiger partial charge in [-0.15, -0.1) is 0 Å². The van der Waals surface area contributed by atoms with Crippen LogP contribution < -0.4 is 10.6 Å². The SMILES string of the molecule is CCOC(=O)c1ccc(NC(=S)N[C@H](C)c2ccc(C)cc2C)c(C)c1. The van der Waals surface area contributed by atoms with Gasteiger partial charge in [0.2, 0.25) is 0 Å². The van der Waals surface area contributed by atoms with E-state index in [0.717, 1.165) is 11.3 Å². The van der Waals surface area contributed by atoms with Crippen LogP contribution >= 0.6 is 12.2 Å². The molecule has 5 heteroatoms. The smallest absolute Gasteiger partial charge is 0.338 e. The summed E-state index contributed by atoms with van der Waals surface area (Å²) in [5.41, 5.74) is 6.04. The second-order valence-electron chi connectivity index (χ2n) is 6.43. The number of carbonyl (C=O) groups is 1. The molecular formula is C21H26N2O2S. The number of aryl methyl sites for hydroxylation is 3. The van der Waals surface area contributed by atoms with Gasteiger partial charge in [0.25, 0.3) is 0 Å². The van der Waals surface area contributed by atoms with Crippen LogP contribution in [0.4, 0.5) is 5.69 Å². The monoisotopic (exact) mass is 370 g/mol. The third-order valence-electron chi connectivity index (χ3n) is 4.23. The van der Waals surface area contributed by atoms with Gasteiger partial charge in [-0.05, 0) is 81.7 Å². The molecular weight excluding hydrogens is 344 g/mol. The first-order valence-corrected chi connectivity index (χ1v) is 9.15. The molecule has 1 atom stereocenters. The van der Waals surface area contributed by atoms with E-state index in [0.29, 0.717) is 17.3 Å². The summed E-state index contributed by atoms with van der Waals surface area (Å²) in [6.45, 7) is 10.4. The highest BCUT2D eigenvalue weighted by Gasteiger charge is 2.12. The quantitative estimate of drug-likeness (QED) is 0.583. The number of hydrogen-bond acceptors (Lipinski definition) is 3. The maximum absolute atomic E-state index is 11.8. The summed E-state index contributed by atoms with van der Waals surface area (Å²) < 4.78 is 5.03. The van der Waals surface area contributed by atoms with Crippen molar-refractivity contribution in [1.82, 2.24) is 5.32 Å². The number of benzene rings is 2. The summed E-state index contributed by atoms with van der Waals surface area (Å²) in [7, 11) is 0. The zero-order chi connectivity index (χ0) is 19.3. The van der Waals surface area contributed by atoms with Crippen molar-refractivity contribution in [2.75, 3.05) is 11.9 Å². The molecule has 0 spiro atoms. The zero-order valence-corrected chi connectivity index (χ0v) is 16.8. The lowest BCUT2D eigenvalue weighted by molar-refractivity contribution is 0.0526. The minimum Gasteiger partial charge on any atom is -0.462 e. The highest BCUT2D eigenvalue weighted by molar-refractivity contribution is 7.80. The third-order valence-corrected chi connectivity index (χ3v) is 4.45. The summed E-state index contributed by atoms with van der Waals surface area (Å²) in [5.74, 6) is -0.314. The number of ether oxygens (including phenoxy) is 1. The van der Waals surface area contributed by atoms with E-state index in [-0.39, 0.29) is 12.0 Å². The molecule has 26 heavy (non-hydrogen) atoms. The first-order chi connectivity index (χ1) is 12.3. The molecule has 2 aromatic rings. The number of rotatable bonds is 5. The van der Waals surface area contributed by atoms with Gasteiger partial charge >= 0.3 is 5.97 Å². The summed E-state index contributed by atoms with van der Waals surface area (Å²) in [6, 6.07) is 11.9. The average molecular weight is 371 g/mol. The predicted octanol–water partition coefficient (Wildman–Crippen LogP) is 4.84. The van der Waals surface area contributed by atoms with Gasteiger partial charge in [0, 0.05) is 5.69 Å². The molecule has 4 nitrogen and oxygen atoms in total. The Morgan fingerprint density at radius 1 is 1.12 bits per heavy atom. The van der Waals surface area contributed by atoms with Gasteiger partial charge in [0.15, 0.2) is 5.11 Å². The summed E-state index contributed by atoms with van der Waals surface area (Å²) in [5, 5.41) is 7.07. The second kappa shape index (κ2) is 8.81. The summed E-state index contributed by atoms with van der Waals surface area (Å²) in [6.07, 6.45) is 0. The Bertz CT molecular complexity index is 818. The summed E-state index contributed by atoms with van der Waals surface area (Å²) >= 11 is 5.45. The Kier molecular flexibility index (Phi) is 6.75. The molecule has 0 amide bonds. The molecule has 2 rings (SSSR count). The van der Waals surface area contributed by atoms with Gasteiger partial charge in [-0.3, -0.25) is 0 Å². The van der Waals surface area contributed by atoms with Crippen molar-refractivity contribution >= 4 is 29.0 Å². The van der Waals surface area contributed by atoms with Crippen molar-refractivity contribution in [2.24, 2.45) is 0 Å². The van der Waals surface area contributed by atoms with E-state index in [1.165, 1.54) is 16.7 Å². The van der Waals surface area contributed by atoms with E-state index in [4.69, 9.17) is 17.0 Å². The number of thiocarbonyl (C=S) groups is 1. The van der Waals surface area contributed by atoms with Crippen molar-refractivity contribution in [1.29, 1.82) is 0 Å². The van der Waals surface area contributed by atoms with Crippen LogP contribution in [0.3, 0.4) is 0 Å². The maximum Gasteiger partial charge on any atom is 0.338 e. The van der Waals surface area contributed by atoms with Crippen molar-refractivity contribution in [3.63, 3.8) is 0 Å². The number of esters is 1. The Labute approximate surface area is 161 Å². The molecule has 0 aliphatic heterocycles. The molecule has 138 valence electrons. The second-order valence-corrected chi connectivity index (χ2v) is 6.84. The topological polar surface area (TPSA) is 50.4 Å². The third kappa shape index (κ3) is 5.05. The van der Waals surface area contributed by atoms with Crippen molar-refractivity contribution < 1.29 is 9.53 Å². The Balaban J connectivity index is 2.04. The van der Waals surface area contributed by atoms with Gasteiger partial charge < -0.3 is 15.4 Å². The molecule has 0 bridgehead atoms. The van der Waals surface area contributed by atoms with Crippen LogP contribution in [0, 0.1) is 20.8 Å². The number of carbonyl (C=O) groups excluding carboxylic acids is 1. The van der Waals surface area contributed by atoms with Crippen LogP contribution in [-0.2, 0) is 4.74 Å². The molecule has 0 aromatic heterocycles. The largest absolute Gasteiger partial charge is 0.462 e. The number of hydrogen-bond donors (Lipinski definition) is 2. The van der Waals surface area contributed by atoms with E-state index in [9.17, 15) is 4.79 Å². The lowest BCUT2D eigenvalue weighted by Gasteiger charge is -2.20. The Morgan fingerprint density at radius 2 is 1.85 bits per heavy atom. The highest BCUT2D eigenvalue weighted by Crippen LogP contribution is 2.20. The molecule has 0 unspecified atom stereocenters. The Hall–Kier alpha value is -2.40. The molecule has 2 aromatic carbocycles. The lowest BCUT2D eigenvalue weighted by Crippen LogP contribution is -2.31. The lowest BCUT2D eigenvalue weighted by atomic mass is 10.0. The number of nitrogens with one attached hydrogen (secondary N) is 2. The van der Waals surface area contributed by atoms with E-state index >= 15 is 0 Å². The first-order valence-electron chi connectivity index (χ1n) is 8.74. The minimum absolute atomic E-state index is 0.0923. The van der Waals surface area contributed by atoms with Gasteiger partial charge in [-0.2, -0.15) is 0 Å². The average Bonchev–Trinajstić information content (AvgIpc) is 2.56. The van der Waals surface area contributed by atoms with E-state index < -0.39 is 0 Å². The maximum atomic E-state index is 11.8. The Morgan fingerprint density at radius 3 is 2.46 bits per heavy atom. The fraction of sp³-hybridized carbons (Fsp3) is 0.333. The molecule has 0 aliphatic carbocycles. The van der Waals surface area contributed by atoms with E-state index in [1.807, 2.05) is 13.0 Å². The number of anilines is 1. The minimum atomic E-state index is -0.314. The summed E-state index contributed by atoms with van der Waals surface area (Å²) in [4.78, 5) is 11.8. The van der Waals surface area contributed by atoms with Gasteiger partial charge in [0.05, 0.1) is 18.2 Å². The molecule has 0 saturated carbocycles. The molecule has 0 heterocycles. The molecule has 0 fully saturated rings. The van der Waals surface area contributed by atoms with Crippen molar-refractivity contribution in [2.45, 2.75) is 40.7 Å². The molecule has 0 aliphatic rings.